The van der Waals surface area contributed by atoms with E-state index < -0.39 is 0 Å². The summed E-state index contributed by atoms with van der Waals surface area (Å²) < 4.78 is 2.04. The van der Waals surface area contributed by atoms with Crippen LogP contribution in [-0.4, -0.2) is 20.4 Å². The molecule has 94 valence electrons. The van der Waals surface area contributed by atoms with E-state index in [1.54, 1.807) is 22.7 Å². The zero-order valence-electron chi connectivity index (χ0n) is 10.0. The first-order valence-corrected chi connectivity index (χ1v) is 7.54. The van der Waals surface area contributed by atoms with Crippen molar-refractivity contribution in [3.05, 3.63) is 39.5 Å². The molecule has 0 aliphatic rings. The number of fused-ring (bicyclic) bond motifs is 1. The predicted molar refractivity (Wildman–Crippen MR) is 75.3 cm³/mol. The molecule has 0 spiro atoms. The molecule has 4 nitrogen and oxygen atoms in total. The molecule has 0 aromatic carbocycles. The second-order valence-electron chi connectivity index (χ2n) is 4.35. The van der Waals surface area contributed by atoms with Gasteiger partial charge in [0.25, 0.3) is 0 Å². The standard InChI is InChI=1S/C12H14N4S2/c1-8-14-11(7-18-8)5-9(13)4-10-6-16-2-3-17-12(16)15-10/h2-3,6-7,9H,4-5,13H2,1H3. The summed E-state index contributed by atoms with van der Waals surface area (Å²) >= 11 is 3.32. The molecule has 0 saturated heterocycles. The van der Waals surface area contributed by atoms with Crippen LogP contribution in [-0.2, 0) is 12.8 Å². The normalized spacial score (nSPS) is 13.2. The minimum absolute atomic E-state index is 0.0797. The van der Waals surface area contributed by atoms with Crippen molar-refractivity contribution in [1.82, 2.24) is 14.4 Å². The van der Waals surface area contributed by atoms with Crippen LogP contribution in [0.15, 0.2) is 23.2 Å². The Bertz CT molecular complexity index is 623. The minimum Gasteiger partial charge on any atom is -0.327 e. The number of aromatic nitrogens is 3. The minimum atomic E-state index is 0.0797. The van der Waals surface area contributed by atoms with Gasteiger partial charge in [0, 0.05) is 42.0 Å². The molecule has 3 heterocycles. The van der Waals surface area contributed by atoms with Crippen LogP contribution in [0.5, 0.6) is 0 Å². The summed E-state index contributed by atoms with van der Waals surface area (Å²) in [7, 11) is 0. The summed E-state index contributed by atoms with van der Waals surface area (Å²) in [5, 5.41) is 5.21. The number of rotatable bonds is 4. The van der Waals surface area contributed by atoms with Gasteiger partial charge in [0.2, 0.25) is 0 Å². The third-order valence-corrected chi connectivity index (χ3v) is 4.35. The number of hydrogen-bond donors (Lipinski definition) is 1. The summed E-state index contributed by atoms with van der Waals surface area (Å²) in [5.41, 5.74) is 8.30. The maximum atomic E-state index is 6.16. The van der Waals surface area contributed by atoms with Crippen molar-refractivity contribution < 1.29 is 0 Å². The quantitative estimate of drug-likeness (QED) is 0.796. The van der Waals surface area contributed by atoms with Crippen molar-refractivity contribution in [2.45, 2.75) is 25.8 Å². The van der Waals surface area contributed by atoms with E-state index in [9.17, 15) is 0 Å². The highest BCUT2D eigenvalue weighted by Crippen LogP contribution is 2.14. The molecular formula is C12H14N4S2. The average Bonchev–Trinajstić information content (AvgIpc) is 2.94. The smallest absolute Gasteiger partial charge is 0.193 e. The number of aryl methyl sites for hydroxylation is 1. The molecular weight excluding hydrogens is 264 g/mol. The van der Waals surface area contributed by atoms with Crippen molar-refractivity contribution >= 4 is 27.6 Å². The van der Waals surface area contributed by atoms with Crippen LogP contribution in [0.25, 0.3) is 4.96 Å². The molecule has 0 amide bonds. The Labute approximate surface area is 113 Å². The van der Waals surface area contributed by atoms with Gasteiger partial charge in [-0.3, -0.25) is 4.40 Å². The first-order valence-electron chi connectivity index (χ1n) is 5.78. The van der Waals surface area contributed by atoms with E-state index in [4.69, 9.17) is 5.73 Å². The maximum absolute atomic E-state index is 6.16. The molecule has 6 heteroatoms. The van der Waals surface area contributed by atoms with Gasteiger partial charge in [0.1, 0.15) is 0 Å². The molecule has 0 bridgehead atoms. The van der Waals surface area contributed by atoms with Crippen molar-refractivity contribution in [3.8, 4) is 0 Å². The maximum Gasteiger partial charge on any atom is 0.193 e. The van der Waals surface area contributed by atoms with Crippen LogP contribution in [0, 0.1) is 6.92 Å². The molecule has 3 aromatic rings. The largest absolute Gasteiger partial charge is 0.327 e. The highest BCUT2D eigenvalue weighted by Gasteiger charge is 2.10. The Morgan fingerprint density at radius 1 is 1.28 bits per heavy atom. The number of nitrogens with two attached hydrogens (primary N) is 1. The molecule has 3 rings (SSSR count). The monoisotopic (exact) mass is 278 g/mol. The van der Waals surface area contributed by atoms with E-state index in [0.717, 1.165) is 34.2 Å². The lowest BCUT2D eigenvalue weighted by Crippen LogP contribution is -2.25. The molecule has 0 fully saturated rings. The molecule has 3 aromatic heterocycles. The molecule has 0 radical (unpaired) electrons. The first kappa shape index (κ1) is 11.8. The molecule has 1 atom stereocenters. The number of nitrogens with zero attached hydrogens (tertiary/aromatic N) is 3. The van der Waals surface area contributed by atoms with Gasteiger partial charge in [-0.05, 0) is 6.92 Å². The third-order valence-electron chi connectivity index (χ3n) is 2.75. The van der Waals surface area contributed by atoms with E-state index in [-0.39, 0.29) is 6.04 Å². The van der Waals surface area contributed by atoms with Crippen LogP contribution >= 0.6 is 22.7 Å². The van der Waals surface area contributed by atoms with Crippen LogP contribution in [0.4, 0.5) is 0 Å². The van der Waals surface area contributed by atoms with E-state index in [0.29, 0.717) is 0 Å². The Hall–Kier alpha value is -1.24. The Morgan fingerprint density at radius 3 is 2.83 bits per heavy atom. The summed E-state index contributed by atoms with van der Waals surface area (Å²) in [4.78, 5) is 10.0. The number of imidazole rings is 1. The average molecular weight is 278 g/mol. The van der Waals surface area contributed by atoms with Crippen LogP contribution in [0.2, 0.25) is 0 Å². The third kappa shape index (κ3) is 2.45. The highest BCUT2D eigenvalue weighted by molar-refractivity contribution is 7.15. The van der Waals surface area contributed by atoms with Crippen molar-refractivity contribution in [3.63, 3.8) is 0 Å². The van der Waals surface area contributed by atoms with Gasteiger partial charge in [-0.2, -0.15) is 0 Å². The van der Waals surface area contributed by atoms with Gasteiger partial charge in [0.05, 0.1) is 16.4 Å². The Kier molecular flexibility index (Phi) is 3.15. The van der Waals surface area contributed by atoms with Crippen molar-refractivity contribution in [2.24, 2.45) is 5.73 Å². The zero-order valence-corrected chi connectivity index (χ0v) is 11.7. The lowest BCUT2D eigenvalue weighted by molar-refractivity contribution is 0.648. The first-order chi connectivity index (χ1) is 8.70. The van der Waals surface area contributed by atoms with Crippen molar-refractivity contribution in [1.29, 1.82) is 0 Å². The van der Waals surface area contributed by atoms with Crippen molar-refractivity contribution in [2.75, 3.05) is 0 Å². The molecule has 0 aliphatic carbocycles. The fraction of sp³-hybridized carbons (Fsp3) is 0.333. The topological polar surface area (TPSA) is 56.2 Å². The van der Waals surface area contributed by atoms with E-state index in [1.165, 1.54) is 0 Å². The van der Waals surface area contributed by atoms with Crippen LogP contribution in [0.3, 0.4) is 0 Å². The highest BCUT2D eigenvalue weighted by atomic mass is 32.1. The summed E-state index contributed by atoms with van der Waals surface area (Å²) in [6.45, 7) is 2.02. The molecule has 1 unspecified atom stereocenters. The Morgan fingerprint density at radius 2 is 2.11 bits per heavy atom. The van der Waals surface area contributed by atoms with Gasteiger partial charge in [0.15, 0.2) is 4.96 Å². The van der Waals surface area contributed by atoms with Crippen LogP contribution < -0.4 is 5.73 Å². The summed E-state index contributed by atoms with van der Waals surface area (Å²) in [6.07, 6.45) is 5.68. The molecule has 0 saturated carbocycles. The second-order valence-corrected chi connectivity index (χ2v) is 6.29. The molecule has 2 N–H and O–H groups in total. The summed E-state index contributed by atoms with van der Waals surface area (Å²) in [6, 6.07) is 0.0797. The second kappa shape index (κ2) is 4.79. The van der Waals surface area contributed by atoms with Gasteiger partial charge >= 0.3 is 0 Å². The molecule has 18 heavy (non-hydrogen) atoms. The summed E-state index contributed by atoms with van der Waals surface area (Å²) in [5.74, 6) is 0. The van der Waals surface area contributed by atoms with Gasteiger partial charge in [-0.1, -0.05) is 0 Å². The SMILES string of the molecule is Cc1nc(CC(N)Cc2cn3ccsc3n2)cs1. The Balaban J connectivity index is 1.67. The zero-order chi connectivity index (χ0) is 12.5. The lowest BCUT2D eigenvalue weighted by atomic mass is 10.1. The molecule has 0 aliphatic heterocycles. The van der Waals surface area contributed by atoms with E-state index in [2.05, 4.69) is 21.5 Å². The lowest BCUT2D eigenvalue weighted by Gasteiger charge is -2.07. The van der Waals surface area contributed by atoms with E-state index in [1.807, 2.05) is 22.9 Å². The van der Waals surface area contributed by atoms with E-state index >= 15 is 0 Å². The number of thiazole rings is 2. The van der Waals surface area contributed by atoms with Crippen LogP contribution in [0.1, 0.15) is 16.4 Å². The van der Waals surface area contributed by atoms with Gasteiger partial charge in [-0.25, -0.2) is 9.97 Å². The fourth-order valence-corrected chi connectivity index (χ4v) is 3.33. The number of hydrogen-bond acceptors (Lipinski definition) is 5. The fourth-order valence-electron chi connectivity index (χ4n) is 1.99. The van der Waals surface area contributed by atoms with Gasteiger partial charge in [-0.15, -0.1) is 22.7 Å². The van der Waals surface area contributed by atoms with Gasteiger partial charge < -0.3 is 5.73 Å². The predicted octanol–water partition coefficient (Wildman–Crippen LogP) is 2.27.